The highest BCUT2D eigenvalue weighted by atomic mass is 32.1. The lowest BCUT2D eigenvalue weighted by Crippen LogP contribution is -2.37. The number of hydrogen-bond acceptors (Lipinski definition) is 5. The number of aromatic nitrogens is 1. The fourth-order valence-corrected chi connectivity index (χ4v) is 4.45. The van der Waals surface area contributed by atoms with E-state index in [2.05, 4.69) is 16.4 Å². The zero-order valence-electron chi connectivity index (χ0n) is 15.1. The summed E-state index contributed by atoms with van der Waals surface area (Å²) < 4.78 is 11.2. The van der Waals surface area contributed by atoms with Crippen LogP contribution in [0.1, 0.15) is 46.4 Å². The molecular weight excluding hydrogens is 348 g/mol. The first-order valence-corrected chi connectivity index (χ1v) is 10.2. The summed E-state index contributed by atoms with van der Waals surface area (Å²) in [5.41, 5.74) is 3.97. The molecule has 2 aromatic heterocycles. The smallest absolute Gasteiger partial charge is 0.259 e. The average molecular weight is 372 g/mol. The topological polar surface area (TPSA) is 51.7 Å². The molecule has 1 fully saturated rings. The Balaban J connectivity index is 1.62. The molecule has 26 heavy (non-hydrogen) atoms. The van der Waals surface area contributed by atoms with Crippen molar-refractivity contribution >= 4 is 17.2 Å². The van der Waals surface area contributed by atoms with E-state index in [1.165, 1.54) is 5.56 Å². The van der Waals surface area contributed by atoms with Crippen LogP contribution in [0, 0.1) is 0 Å². The molecule has 0 radical (unpaired) electrons. The summed E-state index contributed by atoms with van der Waals surface area (Å²) in [4.78, 5) is 19.9. The Hall–Kier alpha value is -1.92. The molecule has 1 aliphatic carbocycles. The van der Waals surface area contributed by atoms with E-state index in [0.29, 0.717) is 24.5 Å². The van der Waals surface area contributed by atoms with Crippen LogP contribution in [0.4, 0.5) is 0 Å². The molecule has 1 aliphatic heterocycles. The Kier molecular flexibility index (Phi) is 5.22. The highest BCUT2D eigenvalue weighted by Crippen LogP contribution is 2.28. The van der Waals surface area contributed by atoms with Crippen molar-refractivity contribution in [1.82, 2.24) is 9.88 Å². The van der Waals surface area contributed by atoms with Gasteiger partial charge in [-0.2, -0.15) is 11.3 Å². The minimum absolute atomic E-state index is 0.0225. The van der Waals surface area contributed by atoms with E-state index < -0.39 is 0 Å². The molecule has 138 valence electrons. The number of thiophene rings is 1. The fraction of sp³-hybridized carbons (Fsp3) is 0.500. The number of amides is 1. The lowest BCUT2D eigenvalue weighted by Gasteiger charge is -2.26. The number of pyridine rings is 1. The van der Waals surface area contributed by atoms with E-state index in [4.69, 9.17) is 9.47 Å². The van der Waals surface area contributed by atoms with Gasteiger partial charge in [-0.25, -0.2) is 4.98 Å². The van der Waals surface area contributed by atoms with Gasteiger partial charge in [0.1, 0.15) is 5.56 Å². The quantitative estimate of drug-likeness (QED) is 0.779. The van der Waals surface area contributed by atoms with Crippen LogP contribution in [0.25, 0.3) is 0 Å². The van der Waals surface area contributed by atoms with Crippen LogP contribution in [0.15, 0.2) is 22.9 Å². The number of carbonyl (C=O) groups is 1. The average Bonchev–Trinajstić information content (AvgIpc) is 3.41. The molecule has 5 nitrogen and oxygen atoms in total. The van der Waals surface area contributed by atoms with Gasteiger partial charge in [-0.05, 0) is 66.1 Å². The SMILES string of the molecule is COc1nc2c(cc1C(=O)N(Cc1ccsc1)C[C@@H]1CCCO1)CCC2. The number of rotatable bonds is 6. The van der Waals surface area contributed by atoms with Crippen molar-refractivity contribution in [2.45, 2.75) is 44.8 Å². The van der Waals surface area contributed by atoms with E-state index in [1.807, 2.05) is 16.3 Å². The summed E-state index contributed by atoms with van der Waals surface area (Å²) in [7, 11) is 1.59. The molecule has 6 heteroatoms. The van der Waals surface area contributed by atoms with Crippen molar-refractivity contribution in [1.29, 1.82) is 0 Å². The Morgan fingerprint density at radius 2 is 2.35 bits per heavy atom. The van der Waals surface area contributed by atoms with Crippen molar-refractivity contribution < 1.29 is 14.3 Å². The van der Waals surface area contributed by atoms with Gasteiger partial charge < -0.3 is 14.4 Å². The molecule has 0 aromatic carbocycles. The molecule has 2 aromatic rings. The monoisotopic (exact) mass is 372 g/mol. The number of fused-ring (bicyclic) bond motifs is 1. The van der Waals surface area contributed by atoms with E-state index in [0.717, 1.165) is 50.0 Å². The van der Waals surface area contributed by atoms with E-state index in [1.54, 1.807) is 18.4 Å². The standard InChI is InChI=1S/C20H24N2O3S/c1-24-19-17(10-15-4-2-6-18(15)21-19)20(23)22(11-14-7-9-26-13-14)12-16-5-3-8-25-16/h7,9-10,13,16H,2-6,8,11-12H2,1H3/t16-/m0/s1. The first-order chi connectivity index (χ1) is 12.7. The van der Waals surface area contributed by atoms with Crippen LogP contribution in [0.2, 0.25) is 0 Å². The van der Waals surface area contributed by atoms with Gasteiger partial charge in [0, 0.05) is 25.4 Å². The van der Waals surface area contributed by atoms with Crippen molar-refractivity contribution in [2.24, 2.45) is 0 Å². The summed E-state index contributed by atoms with van der Waals surface area (Å²) >= 11 is 1.65. The van der Waals surface area contributed by atoms with Crippen molar-refractivity contribution in [2.75, 3.05) is 20.3 Å². The zero-order valence-corrected chi connectivity index (χ0v) is 15.9. The van der Waals surface area contributed by atoms with Crippen LogP contribution in [-0.4, -0.2) is 42.2 Å². The number of methoxy groups -OCH3 is 1. The maximum absolute atomic E-state index is 13.4. The van der Waals surface area contributed by atoms with Crippen LogP contribution < -0.4 is 4.74 Å². The third-order valence-corrected chi connectivity index (χ3v) is 5.86. The van der Waals surface area contributed by atoms with Crippen LogP contribution in [0.3, 0.4) is 0 Å². The molecule has 0 unspecified atom stereocenters. The van der Waals surface area contributed by atoms with Gasteiger partial charge in [0.2, 0.25) is 5.88 Å². The van der Waals surface area contributed by atoms with E-state index in [9.17, 15) is 4.79 Å². The molecular formula is C20H24N2O3S. The number of hydrogen-bond donors (Lipinski definition) is 0. The molecule has 2 aliphatic rings. The van der Waals surface area contributed by atoms with Crippen LogP contribution >= 0.6 is 11.3 Å². The second kappa shape index (κ2) is 7.76. The van der Waals surface area contributed by atoms with E-state index >= 15 is 0 Å². The fourth-order valence-electron chi connectivity index (χ4n) is 3.79. The summed E-state index contributed by atoms with van der Waals surface area (Å²) in [6, 6.07) is 4.06. The normalized spacial score (nSPS) is 18.7. The Bertz CT molecular complexity index is 770. The molecule has 0 bridgehead atoms. The van der Waals surface area contributed by atoms with Crippen molar-refractivity contribution in [3.05, 3.63) is 45.3 Å². The highest BCUT2D eigenvalue weighted by molar-refractivity contribution is 7.07. The van der Waals surface area contributed by atoms with Crippen LogP contribution in [0.5, 0.6) is 5.88 Å². The Labute approximate surface area is 157 Å². The van der Waals surface area contributed by atoms with Gasteiger partial charge in [0.15, 0.2) is 0 Å². The van der Waals surface area contributed by atoms with Gasteiger partial charge in [0.05, 0.1) is 13.2 Å². The summed E-state index contributed by atoms with van der Waals surface area (Å²) in [5.74, 6) is 0.420. The summed E-state index contributed by atoms with van der Waals surface area (Å²) in [5, 5.41) is 4.13. The molecule has 1 atom stereocenters. The molecule has 4 rings (SSSR count). The lowest BCUT2D eigenvalue weighted by atomic mass is 10.1. The van der Waals surface area contributed by atoms with Crippen molar-refractivity contribution in [3.8, 4) is 5.88 Å². The number of aryl methyl sites for hydroxylation is 2. The first-order valence-electron chi connectivity index (χ1n) is 9.23. The first kappa shape index (κ1) is 17.5. The van der Waals surface area contributed by atoms with Gasteiger partial charge in [-0.1, -0.05) is 0 Å². The number of ether oxygens (including phenoxy) is 2. The predicted molar refractivity (Wildman–Crippen MR) is 101 cm³/mol. The minimum atomic E-state index is -0.0225. The Morgan fingerprint density at radius 3 is 3.08 bits per heavy atom. The second-order valence-corrected chi connectivity index (χ2v) is 7.74. The van der Waals surface area contributed by atoms with Crippen molar-refractivity contribution in [3.63, 3.8) is 0 Å². The lowest BCUT2D eigenvalue weighted by molar-refractivity contribution is 0.0504. The van der Waals surface area contributed by atoms with Gasteiger partial charge in [-0.15, -0.1) is 0 Å². The summed E-state index contributed by atoms with van der Waals surface area (Å²) in [6.07, 6.45) is 5.24. The number of nitrogens with zero attached hydrogens (tertiary/aromatic N) is 2. The maximum Gasteiger partial charge on any atom is 0.259 e. The Morgan fingerprint density at radius 1 is 1.42 bits per heavy atom. The molecule has 0 N–H and O–H groups in total. The molecule has 3 heterocycles. The minimum Gasteiger partial charge on any atom is -0.480 e. The van der Waals surface area contributed by atoms with Crippen LogP contribution in [-0.2, 0) is 24.1 Å². The third kappa shape index (κ3) is 3.62. The predicted octanol–water partition coefficient (Wildman–Crippen LogP) is 3.46. The second-order valence-electron chi connectivity index (χ2n) is 6.96. The molecule has 0 saturated carbocycles. The number of carbonyl (C=O) groups excluding carboxylic acids is 1. The maximum atomic E-state index is 13.4. The molecule has 1 saturated heterocycles. The molecule has 0 spiro atoms. The van der Waals surface area contributed by atoms with E-state index in [-0.39, 0.29) is 12.0 Å². The van der Waals surface area contributed by atoms with Gasteiger partial charge in [-0.3, -0.25) is 4.79 Å². The third-order valence-electron chi connectivity index (χ3n) is 5.13. The van der Waals surface area contributed by atoms with Gasteiger partial charge >= 0.3 is 0 Å². The summed E-state index contributed by atoms with van der Waals surface area (Å²) in [6.45, 7) is 1.98. The zero-order chi connectivity index (χ0) is 17.9. The highest BCUT2D eigenvalue weighted by Gasteiger charge is 2.28. The largest absolute Gasteiger partial charge is 0.480 e. The molecule has 1 amide bonds. The van der Waals surface area contributed by atoms with Gasteiger partial charge in [0.25, 0.3) is 5.91 Å².